The largest absolute Gasteiger partial charge is 0.494 e. The van der Waals surface area contributed by atoms with E-state index in [1.807, 2.05) is 13.8 Å². The molecule has 0 saturated carbocycles. The average Bonchev–Trinajstić information content (AvgIpc) is 2.64. The molecule has 3 aromatic rings. The van der Waals surface area contributed by atoms with Crippen molar-refractivity contribution in [1.29, 1.82) is 0 Å². The maximum absolute atomic E-state index is 14.5. The Morgan fingerprint density at radius 2 is 1.81 bits per heavy atom. The van der Waals surface area contributed by atoms with Gasteiger partial charge in [0.1, 0.15) is 17.3 Å². The molecule has 0 aliphatic rings. The fourth-order valence-corrected chi connectivity index (χ4v) is 2.89. The first-order valence-corrected chi connectivity index (χ1v) is 8.61. The van der Waals surface area contributed by atoms with Gasteiger partial charge in [-0.1, -0.05) is 19.1 Å². The van der Waals surface area contributed by atoms with Gasteiger partial charge in [-0.2, -0.15) is 0 Å². The van der Waals surface area contributed by atoms with Crippen LogP contribution in [0, 0.1) is 12.9 Å². The highest BCUT2D eigenvalue weighted by Gasteiger charge is 2.17. The lowest BCUT2D eigenvalue weighted by atomic mass is 10.0. The van der Waals surface area contributed by atoms with Crippen molar-refractivity contribution in [3.05, 3.63) is 65.7 Å². The topological polar surface area (TPSA) is 40.5 Å². The minimum absolute atomic E-state index is 0.0139. The summed E-state index contributed by atoms with van der Waals surface area (Å²) in [4.78, 5) is 13.0. The highest BCUT2D eigenvalue weighted by Crippen LogP contribution is 2.29. The van der Waals surface area contributed by atoms with Gasteiger partial charge in [0, 0.05) is 18.8 Å². The van der Waals surface area contributed by atoms with Crippen LogP contribution in [0.15, 0.2) is 47.4 Å². The molecule has 0 amide bonds. The average molecular weight is 354 g/mol. The van der Waals surface area contributed by atoms with E-state index in [1.54, 1.807) is 30.5 Å². The van der Waals surface area contributed by atoms with Crippen LogP contribution < -0.4 is 14.9 Å². The Bertz CT molecular complexity index is 977. The minimum Gasteiger partial charge on any atom is -0.494 e. The summed E-state index contributed by atoms with van der Waals surface area (Å²) >= 11 is 0. The molecule has 0 aliphatic carbocycles. The normalized spacial score (nSPS) is 10.9. The standard InChI is InChI=1S/C21H21FNO3/c1-4-12-26-18-11-10-17(22)19-20(18)23(3)13-16(21(19)24)14-6-8-15(9-7-14)25-5-2/h6-11,13H,3-5,12H2,1-2H3. The Morgan fingerprint density at radius 3 is 2.46 bits per heavy atom. The third-order valence-electron chi connectivity index (χ3n) is 4.07. The number of nitrogens with zero attached hydrogens (tertiary/aromatic N) is 1. The van der Waals surface area contributed by atoms with Crippen LogP contribution in [0.4, 0.5) is 4.39 Å². The predicted octanol–water partition coefficient (Wildman–Crippen LogP) is 4.63. The molecular formula is C21H21FNO3. The lowest BCUT2D eigenvalue weighted by molar-refractivity contribution is 0.320. The fraction of sp³-hybridized carbons (Fsp3) is 0.238. The van der Waals surface area contributed by atoms with Crippen molar-refractivity contribution < 1.29 is 13.9 Å². The van der Waals surface area contributed by atoms with E-state index in [0.29, 0.717) is 41.4 Å². The van der Waals surface area contributed by atoms with E-state index < -0.39 is 5.82 Å². The number of fused-ring (bicyclic) bond motifs is 1. The van der Waals surface area contributed by atoms with Crippen molar-refractivity contribution in [2.75, 3.05) is 13.2 Å². The predicted molar refractivity (Wildman–Crippen MR) is 101 cm³/mol. The van der Waals surface area contributed by atoms with Crippen LogP contribution in [0.1, 0.15) is 20.3 Å². The van der Waals surface area contributed by atoms with Crippen LogP contribution in [0.5, 0.6) is 11.5 Å². The van der Waals surface area contributed by atoms with Crippen molar-refractivity contribution in [3.63, 3.8) is 0 Å². The van der Waals surface area contributed by atoms with Crippen LogP contribution in [0.3, 0.4) is 0 Å². The Labute approximate surface area is 151 Å². The van der Waals surface area contributed by atoms with Gasteiger partial charge >= 0.3 is 0 Å². The summed E-state index contributed by atoms with van der Waals surface area (Å²) in [6.45, 7) is 4.93. The third kappa shape index (κ3) is 3.29. The van der Waals surface area contributed by atoms with Crippen LogP contribution in [0.25, 0.3) is 22.0 Å². The van der Waals surface area contributed by atoms with Crippen LogP contribution >= 0.6 is 0 Å². The summed E-state index contributed by atoms with van der Waals surface area (Å²) in [5, 5.41) is -0.0139. The molecule has 0 fully saturated rings. The Hall–Kier alpha value is -2.82. The molecule has 0 N–H and O–H groups in total. The van der Waals surface area contributed by atoms with Crippen molar-refractivity contribution in [1.82, 2.24) is 4.57 Å². The molecule has 26 heavy (non-hydrogen) atoms. The van der Waals surface area contributed by atoms with Crippen molar-refractivity contribution in [2.45, 2.75) is 20.3 Å². The number of rotatable bonds is 6. The van der Waals surface area contributed by atoms with Crippen LogP contribution in [-0.2, 0) is 0 Å². The van der Waals surface area contributed by atoms with Gasteiger partial charge in [0.05, 0.1) is 24.1 Å². The molecule has 1 radical (unpaired) electrons. The summed E-state index contributed by atoms with van der Waals surface area (Å²) in [7, 11) is 3.94. The second kappa shape index (κ2) is 7.60. The van der Waals surface area contributed by atoms with Crippen LogP contribution in [0.2, 0.25) is 0 Å². The number of benzene rings is 2. The molecule has 0 aliphatic heterocycles. The summed E-state index contributed by atoms with van der Waals surface area (Å²) in [6, 6.07) is 9.92. The second-order valence-corrected chi connectivity index (χ2v) is 5.92. The van der Waals surface area contributed by atoms with Gasteiger partial charge in [0.25, 0.3) is 0 Å². The zero-order chi connectivity index (χ0) is 18.7. The molecule has 1 aromatic heterocycles. The number of ether oxygens (including phenoxy) is 2. The van der Waals surface area contributed by atoms with Gasteiger partial charge in [-0.15, -0.1) is 0 Å². The van der Waals surface area contributed by atoms with Gasteiger partial charge in [0.2, 0.25) is 0 Å². The fourth-order valence-electron chi connectivity index (χ4n) is 2.89. The van der Waals surface area contributed by atoms with Crippen molar-refractivity contribution >= 4 is 10.9 Å². The molecule has 135 valence electrons. The summed E-state index contributed by atoms with van der Waals surface area (Å²) in [6.07, 6.45) is 2.42. The quantitative estimate of drug-likeness (QED) is 0.648. The minimum atomic E-state index is -0.584. The van der Waals surface area contributed by atoms with Crippen molar-refractivity contribution in [2.24, 2.45) is 0 Å². The van der Waals surface area contributed by atoms with E-state index in [4.69, 9.17) is 9.47 Å². The molecule has 0 unspecified atom stereocenters. The number of hydrogen-bond donors (Lipinski definition) is 0. The zero-order valence-electron chi connectivity index (χ0n) is 14.9. The maximum Gasteiger partial charge on any atom is 0.200 e. The molecule has 0 spiro atoms. The number of aromatic nitrogens is 1. The maximum atomic E-state index is 14.5. The third-order valence-corrected chi connectivity index (χ3v) is 4.07. The van der Waals surface area contributed by atoms with Gasteiger partial charge < -0.3 is 14.0 Å². The molecule has 0 atom stereocenters. The molecule has 4 nitrogen and oxygen atoms in total. The summed E-state index contributed by atoms with van der Waals surface area (Å²) in [5.74, 6) is 0.584. The second-order valence-electron chi connectivity index (χ2n) is 5.92. The SMILES string of the molecule is [CH2]n1cc(-c2ccc(OCC)cc2)c(=O)c2c(F)ccc(OCCC)c21. The Balaban J connectivity index is 2.18. The molecule has 0 saturated heterocycles. The lowest BCUT2D eigenvalue weighted by Gasteiger charge is -2.14. The van der Waals surface area contributed by atoms with E-state index in [1.165, 1.54) is 16.7 Å². The van der Waals surface area contributed by atoms with E-state index in [-0.39, 0.29) is 10.8 Å². The van der Waals surface area contributed by atoms with Gasteiger partial charge in [-0.25, -0.2) is 4.39 Å². The van der Waals surface area contributed by atoms with Crippen molar-refractivity contribution in [3.8, 4) is 22.6 Å². The molecular weight excluding hydrogens is 333 g/mol. The first kappa shape index (κ1) is 18.0. The Morgan fingerprint density at radius 1 is 1.08 bits per heavy atom. The van der Waals surface area contributed by atoms with Gasteiger partial charge in [-0.05, 0) is 43.2 Å². The summed E-state index contributed by atoms with van der Waals surface area (Å²) in [5.41, 5.74) is 1.03. The van der Waals surface area contributed by atoms with Gasteiger partial charge in [0.15, 0.2) is 5.43 Å². The molecule has 3 rings (SSSR count). The zero-order valence-corrected chi connectivity index (χ0v) is 14.9. The molecule has 0 bridgehead atoms. The van der Waals surface area contributed by atoms with Gasteiger partial charge in [-0.3, -0.25) is 4.79 Å². The van der Waals surface area contributed by atoms with E-state index in [2.05, 4.69) is 7.05 Å². The molecule has 5 heteroatoms. The number of halogens is 1. The van der Waals surface area contributed by atoms with Crippen LogP contribution in [-0.4, -0.2) is 17.8 Å². The molecule has 1 heterocycles. The van der Waals surface area contributed by atoms with E-state index in [9.17, 15) is 9.18 Å². The highest BCUT2D eigenvalue weighted by atomic mass is 19.1. The first-order valence-electron chi connectivity index (χ1n) is 8.61. The smallest absolute Gasteiger partial charge is 0.200 e. The monoisotopic (exact) mass is 354 g/mol. The Kier molecular flexibility index (Phi) is 5.26. The summed E-state index contributed by atoms with van der Waals surface area (Å²) < 4.78 is 27.1. The number of pyridine rings is 1. The lowest BCUT2D eigenvalue weighted by Crippen LogP contribution is -2.12. The van der Waals surface area contributed by atoms with E-state index >= 15 is 0 Å². The first-order chi connectivity index (χ1) is 12.6. The molecule has 2 aromatic carbocycles. The highest BCUT2D eigenvalue weighted by molar-refractivity contribution is 5.89. The van der Waals surface area contributed by atoms with E-state index in [0.717, 1.165) is 6.42 Å². The number of hydrogen-bond acceptors (Lipinski definition) is 3.